The van der Waals surface area contributed by atoms with Crippen molar-refractivity contribution in [3.05, 3.63) is 0 Å². The zero-order chi connectivity index (χ0) is 14.5. The second-order valence-corrected chi connectivity index (χ2v) is 9.28. The molecule has 116 valence electrons. The van der Waals surface area contributed by atoms with Crippen LogP contribution in [0.4, 0.5) is 0 Å². The monoisotopic (exact) mass is 304 g/mol. The molecule has 2 atom stereocenters. The Bertz CT molecular complexity index is 180. The van der Waals surface area contributed by atoms with Crippen LogP contribution in [0.2, 0.25) is 0 Å². The summed E-state index contributed by atoms with van der Waals surface area (Å²) in [5, 5.41) is 1.58. The molecule has 19 heavy (non-hydrogen) atoms. The van der Waals surface area contributed by atoms with E-state index in [1.54, 1.807) is 0 Å². The standard InChI is InChI=1S/C17H36S2/c1-6-8-10-12-14-17(13-11-9-7-2)16(5)19-18-15(3)4/h15-17H,6-14H2,1-5H3. The van der Waals surface area contributed by atoms with Crippen LogP contribution >= 0.6 is 21.6 Å². The Labute approximate surface area is 130 Å². The second-order valence-electron chi connectivity index (χ2n) is 6.05. The number of unbranched alkanes of at least 4 members (excludes halogenated alkanes) is 5. The van der Waals surface area contributed by atoms with Crippen LogP contribution in [0.25, 0.3) is 0 Å². The third kappa shape index (κ3) is 12.2. The number of hydrogen-bond acceptors (Lipinski definition) is 2. The number of rotatable bonds is 13. The van der Waals surface area contributed by atoms with Gasteiger partial charge in [-0.1, -0.05) is 101 Å². The van der Waals surface area contributed by atoms with Crippen molar-refractivity contribution >= 4 is 21.6 Å². The van der Waals surface area contributed by atoms with Gasteiger partial charge >= 0.3 is 0 Å². The molecule has 0 aliphatic rings. The first-order chi connectivity index (χ1) is 9.11. The maximum absolute atomic E-state index is 2.45. The van der Waals surface area contributed by atoms with Crippen molar-refractivity contribution < 1.29 is 0 Å². The van der Waals surface area contributed by atoms with E-state index in [-0.39, 0.29) is 0 Å². The van der Waals surface area contributed by atoms with Gasteiger partial charge in [0.1, 0.15) is 0 Å². The summed E-state index contributed by atoms with van der Waals surface area (Å²) in [5.74, 6) is 0.944. The first-order valence-corrected chi connectivity index (χ1v) is 10.7. The second kappa shape index (κ2) is 13.7. The molecule has 0 aliphatic carbocycles. The van der Waals surface area contributed by atoms with Crippen molar-refractivity contribution in [3.63, 3.8) is 0 Å². The Kier molecular flexibility index (Phi) is 14.2. The van der Waals surface area contributed by atoms with Crippen LogP contribution in [-0.4, -0.2) is 10.5 Å². The van der Waals surface area contributed by atoms with Crippen molar-refractivity contribution in [1.82, 2.24) is 0 Å². The van der Waals surface area contributed by atoms with E-state index in [4.69, 9.17) is 0 Å². The van der Waals surface area contributed by atoms with Gasteiger partial charge in [0.2, 0.25) is 0 Å². The fourth-order valence-corrected chi connectivity index (χ4v) is 4.87. The fourth-order valence-electron chi connectivity index (χ4n) is 2.38. The van der Waals surface area contributed by atoms with Crippen molar-refractivity contribution in [2.24, 2.45) is 5.92 Å². The predicted molar refractivity (Wildman–Crippen MR) is 96.2 cm³/mol. The summed E-state index contributed by atoms with van der Waals surface area (Å²) in [7, 11) is 4.20. The van der Waals surface area contributed by atoms with Gasteiger partial charge in [-0.25, -0.2) is 0 Å². The van der Waals surface area contributed by atoms with Crippen LogP contribution in [0.1, 0.15) is 92.4 Å². The molecule has 2 heteroatoms. The molecule has 0 radical (unpaired) electrons. The minimum Gasteiger partial charge on any atom is -0.0910 e. The first-order valence-electron chi connectivity index (χ1n) is 8.43. The highest BCUT2D eigenvalue weighted by atomic mass is 33.1. The van der Waals surface area contributed by atoms with Crippen LogP contribution in [0.5, 0.6) is 0 Å². The summed E-state index contributed by atoms with van der Waals surface area (Å²) in [6.45, 7) is 11.7. The molecule has 0 N–H and O–H groups in total. The van der Waals surface area contributed by atoms with Gasteiger partial charge in [-0.2, -0.15) is 0 Å². The Balaban J connectivity index is 3.99. The Morgan fingerprint density at radius 2 is 1.21 bits per heavy atom. The summed E-state index contributed by atoms with van der Waals surface area (Å²) in [6.07, 6.45) is 12.8. The normalized spacial score (nSPS) is 14.8. The van der Waals surface area contributed by atoms with Gasteiger partial charge in [0.05, 0.1) is 0 Å². The van der Waals surface area contributed by atoms with Crippen LogP contribution < -0.4 is 0 Å². The maximum Gasteiger partial charge on any atom is 0.0151 e. The third-order valence-corrected chi connectivity index (χ3v) is 7.25. The highest BCUT2D eigenvalue weighted by Crippen LogP contribution is 2.37. The molecule has 0 aliphatic heterocycles. The van der Waals surface area contributed by atoms with Crippen LogP contribution in [-0.2, 0) is 0 Å². The van der Waals surface area contributed by atoms with E-state index >= 15 is 0 Å². The molecule has 0 saturated carbocycles. The van der Waals surface area contributed by atoms with E-state index in [0.717, 1.165) is 16.4 Å². The summed E-state index contributed by atoms with van der Waals surface area (Å²) in [6, 6.07) is 0. The lowest BCUT2D eigenvalue weighted by Crippen LogP contribution is -2.14. The van der Waals surface area contributed by atoms with Gasteiger partial charge in [-0.3, -0.25) is 0 Å². The van der Waals surface area contributed by atoms with Crippen molar-refractivity contribution in [2.45, 2.75) is 103 Å². The molecule has 0 aromatic carbocycles. The lowest BCUT2D eigenvalue weighted by Gasteiger charge is -2.24. The van der Waals surface area contributed by atoms with Crippen molar-refractivity contribution in [2.75, 3.05) is 0 Å². The van der Waals surface area contributed by atoms with Crippen molar-refractivity contribution in [1.29, 1.82) is 0 Å². The lowest BCUT2D eigenvalue weighted by molar-refractivity contribution is 0.407. The van der Waals surface area contributed by atoms with Crippen LogP contribution in [0.3, 0.4) is 0 Å². The highest BCUT2D eigenvalue weighted by molar-refractivity contribution is 8.77. The van der Waals surface area contributed by atoms with Crippen LogP contribution in [0, 0.1) is 5.92 Å². The number of hydrogen-bond donors (Lipinski definition) is 0. The molecular weight excluding hydrogens is 268 g/mol. The SMILES string of the molecule is CCCCCCC(CCCCC)C(C)SSC(C)C. The topological polar surface area (TPSA) is 0 Å². The Morgan fingerprint density at radius 3 is 1.74 bits per heavy atom. The Hall–Kier alpha value is 0.700. The molecule has 0 nitrogen and oxygen atoms in total. The minimum absolute atomic E-state index is 0.754. The van der Waals surface area contributed by atoms with E-state index in [9.17, 15) is 0 Å². The first kappa shape index (κ1) is 19.7. The van der Waals surface area contributed by atoms with Crippen LogP contribution in [0.15, 0.2) is 0 Å². The van der Waals surface area contributed by atoms with Crippen molar-refractivity contribution in [3.8, 4) is 0 Å². The molecule has 0 fully saturated rings. The smallest absolute Gasteiger partial charge is 0.0151 e. The van der Waals surface area contributed by atoms with E-state index in [1.165, 1.54) is 57.8 Å². The van der Waals surface area contributed by atoms with Gasteiger partial charge < -0.3 is 0 Å². The van der Waals surface area contributed by atoms with E-state index in [2.05, 4.69) is 56.2 Å². The van der Waals surface area contributed by atoms with E-state index in [1.807, 2.05) is 0 Å². The summed E-state index contributed by atoms with van der Waals surface area (Å²) in [4.78, 5) is 0. The largest absolute Gasteiger partial charge is 0.0910 e. The molecule has 0 amide bonds. The molecule has 0 spiro atoms. The molecule has 2 unspecified atom stereocenters. The third-order valence-electron chi connectivity index (χ3n) is 3.67. The summed E-state index contributed by atoms with van der Waals surface area (Å²) < 4.78 is 0. The fraction of sp³-hybridized carbons (Fsp3) is 1.00. The quantitative estimate of drug-likeness (QED) is 0.258. The predicted octanol–water partition coefficient (Wildman–Crippen LogP) is 7.33. The molecular formula is C17H36S2. The lowest BCUT2D eigenvalue weighted by atomic mass is 9.92. The zero-order valence-electron chi connectivity index (χ0n) is 13.9. The minimum atomic E-state index is 0.754. The zero-order valence-corrected chi connectivity index (χ0v) is 15.5. The van der Waals surface area contributed by atoms with Gasteiger partial charge in [-0.15, -0.1) is 0 Å². The van der Waals surface area contributed by atoms with E-state index in [0.29, 0.717) is 0 Å². The van der Waals surface area contributed by atoms with Gasteiger partial charge in [0, 0.05) is 10.5 Å². The Morgan fingerprint density at radius 1 is 0.684 bits per heavy atom. The summed E-state index contributed by atoms with van der Waals surface area (Å²) >= 11 is 0. The molecule has 0 rings (SSSR count). The van der Waals surface area contributed by atoms with Gasteiger partial charge in [0.15, 0.2) is 0 Å². The molecule has 0 bridgehead atoms. The maximum atomic E-state index is 2.45. The average molecular weight is 305 g/mol. The van der Waals surface area contributed by atoms with Gasteiger partial charge in [-0.05, 0) is 18.8 Å². The van der Waals surface area contributed by atoms with Gasteiger partial charge in [0.25, 0.3) is 0 Å². The highest BCUT2D eigenvalue weighted by Gasteiger charge is 2.18. The average Bonchev–Trinajstić information content (AvgIpc) is 2.39. The summed E-state index contributed by atoms with van der Waals surface area (Å²) in [5.41, 5.74) is 0. The molecule has 0 saturated heterocycles. The molecule has 0 aromatic heterocycles. The molecule has 0 heterocycles. The molecule has 0 aromatic rings. The van der Waals surface area contributed by atoms with E-state index < -0.39 is 0 Å².